The molecule has 0 saturated carbocycles. The second-order valence-corrected chi connectivity index (χ2v) is 6.31. The Kier molecular flexibility index (Phi) is 4.44. The van der Waals surface area contributed by atoms with E-state index in [9.17, 15) is 18.3 Å². The summed E-state index contributed by atoms with van der Waals surface area (Å²) in [5.41, 5.74) is -1.11. The Labute approximate surface area is 142 Å². The highest BCUT2D eigenvalue weighted by Crippen LogP contribution is 2.37. The Bertz CT molecular complexity index is 711. The number of hydrogen-bond donors (Lipinski definition) is 1. The fraction of sp³-hybridized carbons (Fsp3) is 0.353. The van der Waals surface area contributed by atoms with Gasteiger partial charge in [0.05, 0.1) is 11.2 Å². The van der Waals surface area contributed by atoms with Crippen LogP contribution < -0.4 is 4.90 Å². The molecule has 0 amide bonds. The van der Waals surface area contributed by atoms with E-state index >= 15 is 0 Å². The highest BCUT2D eigenvalue weighted by Gasteiger charge is 2.36. The first kappa shape index (κ1) is 17.0. The van der Waals surface area contributed by atoms with Gasteiger partial charge in [0.15, 0.2) is 0 Å². The van der Waals surface area contributed by atoms with Gasteiger partial charge < -0.3 is 10.0 Å². The van der Waals surface area contributed by atoms with Crippen LogP contribution in [0.3, 0.4) is 0 Å². The van der Waals surface area contributed by atoms with Crippen molar-refractivity contribution in [1.82, 2.24) is 4.98 Å². The Morgan fingerprint density at radius 1 is 1.08 bits per heavy atom. The Morgan fingerprint density at radius 3 is 2.29 bits per heavy atom. The second kappa shape index (κ2) is 6.26. The second-order valence-electron chi connectivity index (χ2n) is 5.90. The van der Waals surface area contributed by atoms with Gasteiger partial charge in [-0.3, -0.25) is 0 Å². The van der Waals surface area contributed by atoms with Crippen molar-refractivity contribution >= 4 is 17.4 Å². The molecule has 1 N–H and O–H groups in total. The monoisotopic (exact) mass is 356 g/mol. The van der Waals surface area contributed by atoms with Crippen LogP contribution in [0.2, 0.25) is 5.02 Å². The van der Waals surface area contributed by atoms with Gasteiger partial charge in [-0.2, -0.15) is 13.2 Å². The Hall–Kier alpha value is -1.79. The van der Waals surface area contributed by atoms with Crippen LogP contribution >= 0.6 is 11.6 Å². The molecule has 0 atom stereocenters. The molecular formula is C17H16ClF3N2O. The number of rotatable bonds is 2. The van der Waals surface area contributed by atoms with Gasteiger partial charge in [-0.1, -0.05) is 29.8 Å². The minimum Gasteiger partial charge on any atom is -0.385 e. The highest BCUT2D eigenvalue weighted by atomic mass is 35.5. The van der Waals surface area contributed by atoms with Crippen LogP contribution in [0, 0.1) is 0 Å². The lowest BCUT2D eigenvalue weighted by Crippen LogP contribution is -2.43. The smallest absolute Gasteiger partial charge is 0.385 e. The van der Waals surface area contributed by atoms with E-state index in [2.05, 4.69) is 4.98 Å². The van der Waals surface area contributed by atoms with Crippen molar-refractivity contribution in [2.24, 2.45) is 0 Å². The summed E-state index contributed by atoms with van der Waals surface area (Å²) in [6.07, 6.45) is -2.69. The van der Waals surface area contributed by atoms with Gasteiger partial charge >= 0.3 is 6.18 Å². The quantitative estimate of drug-likeness (QED) is 0.874. The molecular weight excluding hydrogens is 341 g/mol. The van der Waals surface area contributed by atoms with Crippen LogP contribution in [0.25, 0.3) is 0 Å². The van der Waals surface area contributed by atoms with Crippen LogP contribution in [-0.2, 0) is 11.8 Å². The summed E-state index contributed by atoms with van der Waals surface area (Å²) in [4.78, 5) is 5.77. The topological polar surface area (TPSA) is 36.4 Å². The van der Waals surface area contributed by atoms with Crippen LogP contribution in [0.4, 0.5) is 19.0 Å². The van der Waals surface area contributed by atoms with E-state index in [0.29, 0.717) is 42.3 Å². The average molecular weight is 357 g/mol. The first-order valence-electron chi connectivity index (χ1n) is 7.55. The zero-order valence-electron chi connectivity index (χ0n) is 12.7. The molecule has 0 bridgehead atoms. The fourth-order valence-corrected chi connectivity index (χ4v) is 3.27. The van der Waals surface area contributed by atoms with Crippen molar-refractivity contribution in [2.75, 3.05) is 18.0 Å². The van der Waals surface area contributed by atoms with E-state index in [0.717, 1.165) is 12.3 Å². The maximum Gasteiger partial charge on any atom is 0.417 e. The molecule has 1 aromatic carbocycles. The standard InChI is InChI=1S/C17H16ClF3N2O/c18-14-4-2-1-3-13(14)16(24)7-9-23(10-8-16)15-6-5-12(11-22-15)17(19,20)21/h1-6,11,24H,7-10H2. The summed E-state index contributed by atoms with van der Waals surface area (Å²) in [5, 5.41) is 11.4. The lowest BCUT2D eigenvalue weighted by molar-refractivity contribution is -0.137. The number of anilines is 1. The molecule has 0 aliphatic carbocycles. The summed E-state index contributed by atoms with van der Waals surface area (Å²) in [6.45, 7) is 0.972. The minimum absolute atomic E-state index is 0.430. The predicted molar refractivity (Wildman–Crippen MR) is 86.0 cm³/mol. The molecule has 0 spiro atoms. The van der Waals surface area contributed by atoms with Crippen molar-refractivity contribution in [1.29, 1.82) is 0 Å². The molecule has 1 fully saturated rings. The third-order valence-electron chi connectivity index (χ3n) is 4.37. The number of nitrogens with zero attached hydrogens (tertiary/aromatic N) is 2. The molecule has 24 heavy (non-hydrogen) atoms. The molecule has 1 aliphatic rings. The third kappa shape index (κ3) is 3.35. The van der Waals surface area contributed by atoms with Gasteiger partial charge in [-0.25, -0.2) is 4.98 Å². The van der Waals surface area contributed by atoms with E-state index in [1.165, 1.54) is 6.07 Å². The van der Waals surface area contributed by atoms with Crippen LogP contribution in [0.1, 0.15) is 24.0 Å². The van der Waals surface area contributed by atoms with Crippen molar-refractivity contribution < 1.29 is 18.3 Å². The van der Waals surface area contributed by atoms with Crippen molar-refractivity contribution in [3.8, 4) is 0 Å². The summed E-state index contributed by atoms with van der Waals surface area (Å²) in [7, 11) is 0. The first-order valence-corrected chi connectivity index (χ1v) is 7.93. The molecule has 2 heterocycles. The first-order chi connectivity index (χ1) is 11.3. The molecule has 0 radical (unpaired) electrons. The molecule has 3 nitrogen and oxygen atoms in total. The summed E-state index contributed by atoms with van der Waals surface area (Å²) in [5.74, 6) is 0.476. The summed E-state index contributed by atoms with van der Waals surface area (Å²) >= 11 is 6.17. The number of benzene rings is 1. The van der Waals surface area contributed by atoms with Gasteiger partial charge in [0.25, 0.3) is 0 Å². The number of aromatic nitrogens is 1. The van der Waals surface area contributed by atoms with Crippen molar-refractivity contribution in [2.45, 2.75) is 24.6 Å². The molecule has 7 heteroatoms. The molecule has 1 aliphatic heterocycles. The van der Waals surface area contributed by atoms with Gasteiger partial charge in [-0.05, 0) is 31.0 Å². The Morgan fingerprint density at radius 2 is 1.75 bits per heavy atom. The summed E-state index contributed by atoms with van der Waals surface area (Å²) < 4.78 is 37.8. The molecule has 128 valence electrons. The van der Waals surface area contributed by atoms with Gasteiger partial charge in [0.1, 0.15) is 5.82 Å². The number of pyridine rings is 1. The number of halogens is 4. The maximum absolute atomic E-state index is 12.6. The normalized spacial score (nSPS) is 17.8. The largest absolute Gasteiger partial charge is 0.417 e. The fourth-order valence-electron chi connectivity index (χ4n) is 2.95. The lowest BCUT2D eigenvalue weighted by atomic mass is 9.84. The Balaban J connectivity index is 1.72. The van der Waals surface area contributed by atoms with E-state index in [-0.39, 0.29) is 0 Å². The SMILES string of the molecule is OC1(c2ccccc2Cl)CCN(c2ccc(C(F)(F)F)cn2)CC1. The van der Waals surface area contributed by atoms with Crippen molar-refractivity contribution in [3.63, 3.8) is 0 Å². The van der Waals surface area contributed by atoms with Gasteiger partial charge in [0.2, 0.25) is 0 Å². The number of alkyl halides is 3. The zero-order chi connectivity index (χ0) is 17.4. The van der Waals surface area contributed by atoms with E-state index in [4.69, 9.17) is 11.6 Å². The average Bonchev–Trinajstić information content (AvgIpc) is 2.55. The van der Waals surface area contributed by atoms with Gasteiger partial charge in [0, 0.05) is 29.9 Å². The lowest BCUT2D eigenvalue weighted by Gasteiger charge is -2.39. The third-order valence-corrected chi connectivity index (χ3v) is 4.69. The highest BCUT2D eigenvalue weighted by molar-refractivity contribution is 6.31. The molecule has 3 rings (SSSR count). The van der Waals surface area contributed by atoms with Crippen LogP contribution in [0.15, 0.2) is 42.6 Å². The number of aliphatic hydroxyl groups is 1. The number of hydrogen-bond acceptors (Lipinski definition) is 3. The molecule has 1 aromatic heterocycles. The maximum atomic E-state index is 12.6. The summed E-state index contributed by atoms with van der Waals surface area (Å²) in [6, 6.07) is 9.55. The van der Waals surface area contributed by atoms with E-state index in [1.54, 1.807) is 18.2 Å². The number of piperidine rings is 1. The predicted octanol–water partition coefficient (Wildman–Crippen LogP) is 4.24. The molecule has 2 aromatic rings. The minimum atomic E-state index is -4.39. The molecule has 1 saturated heterocycles. The van der Waals surface area contributed by atoms with E-state index < -0.39 is 17.3 Å². The van der Waals surface area contributed by atoms with Crippen LogP contribution in [-0.4, -0.2) is 23.2 Å². The van der Waals surface area contributed by atoms with Crippen LogP contribution in [0.5, 0.6) is 0 Å². The zero-order valence-corrected chi connectivity index (χ0v) is 13.5. The molecule has 0 unspecified atom stereocenters. The van der Waals surface area contributed by atoms with Gasteiger partial charge in [-0.15, -0.1) is 0 Å². The van der Waals surface area contributed by atoms with Crippen molar-refractivity contribution in [3.05, 3.63) is 58.7 Å². The van der Waals surface area contributed by atoms with E-state index in [1.807, 2.05) is 11.0 Å².